The van der Waals surface area contributed by atoms with Crippen molar-refractivity contribution in [3.05, 3.63) is 29.6 Å². The van der Waals surface area contributed by atoms with E-state index in [1.54, 1.807) is 0 Å². The van der Waals surface area contributed by atoms with E-state index in [0.29, 0.717) is 18.0 Å². The topological polar surface area (TPSA) is 87.7 Å². The van der Waals surface area contributed by atoms with Crippen LogP contribution in [-0.4, -0.2) is 54.0 Å². The molecule has 1 saturated carbocycles. The number of carbonyl (C=O) groups excluding carboxylic acids is 3. The molecule has 8 heteroatoms. The fraction of sp³-hybridized carbons (Fsp3) is 0.679. The second-order valence-electron chi connectivity index (χ2n) is 11.7. The Morgan fingerprint density at radius 2 is 1.78 bits per heavy atom. The SMILES string of the molecule is CC(C)(C)OC(=O)[C@H]1CC[C@H](CN2CCC(c3ccc(NC4CCC(=O)NC4=O)cc3F)CC2)CC1. The number of rotatable bonds is 6. The maximum absolute atomic E-state index is 15.0. The zero-order chi connectivity index (χ0) is 25.9. The van der Waals surface area contributed by atoms with E-state index < -0.39 is 11.6 Å². The molecule has 1 atom stereocenters. The largest absolute Gasteiger partial charge is 0.460 e. The lowest BCUT2D eigenvalue weighted by Gasteiger charge is -2.37. The third-order valence-corrected chi connectivity index (χ3v) is 7.71. The number of carbonyl (C=O) groups is 3. The van der Waals surface area contributed by atoms with Crippen LogP contribution < -0.4 is 10.6 Å². The number of ether oxygens (including phenoxy) is 1. The summed E-state index contributed by atoms with van der Waals surface area (Å²) in [5.41, 5.74) is 0.869. The molecular formula is C28H40FN3O4. The Kier molecular flexibility index (Phi) is 8.33. The van der Waals surface area contributed by atoms with E-state index in [1.165, 1.54) is 6.07 Å². The minimum absolute atomic E-state index is 0.0293. The number of nitrogens with zero attached hydrogens (tertiary/aromatic N) is 1. The number of benzene rings is 1. The van der Waals surface area contributed by atoms with E-state index in [1.807, 2.05) is 32.9 Å². The van der Waals surface area contributed by atoms with Crippen LogP contribution in [0.3, 0.4) is 0 Å². The van der Waals surface area contributed by atoms with Gasteiger partial charge in [-0.1, -0.05) is 6.07 Å². The van der Waals surface area contributed by atoms with Crippen LogP contribution in [0.1, 0.15) is 83.6 Å². The molecule has 0 bridgehead atoms. The zero-order valence-electron chi connectivity index (χ0n) is 21.8. The summed E-state index contributed by atoms with van der Waals surface area (Å²) in [6.45, 7) is 8.69. The summed E-state index contributed by atoms with van der Waals surface area (Å²) in [4.78, 5) is 38.1. The first kappa shape index (κ1) is 26.6. The molecule has 1 aromatic carbocycles. The molecule has 2 N–H and O–H groups in total. The van der Waals surface area contributed by atoms with Crippen molar-refractivity contribution in [2.45, 2.75) is 89.7 Å². The smallest absolute Gasteiger partial charge is 0.309 e. The van der Waals surface area contributed by atoms with E-state index in [9.17, 15) is 18.8 Å². The lowest BCUT2D eigenvalue weighted by molar-refractivity contribution is -0.161. The van der Waals surface area contributed by atoms with E-state index in [4.69, 9.17) is 4.74 Å². The minimum atomic E-state index is -0.518. The molecular weight excluding hydrogens is 461 g/mol. The number of hydrogen-bond acceptors (Lipinski definition) is 6. The Bertz CT molecular complexity index is 960. The first-order valence-corrected chi connectivity index (χ1v) is 13.4. The van der Waals surface area contributed by atoms with Crippen LogP contribution in [0.5, 0.6) is 0 Å². The van der Waals surface area contributed by atoms with Crippen LogP contribution in [0.2, 0.25) is 0 Å². The lowest BCUT2D eigenvalue weighted by Crippen LogP contribution is -2.47. The van der Waals surface area contributed by atoms with Gasteiger partial charge in [-0.15, -0.1) is 0 Å². The molecule has 0 radical (unpaired) electrons. The first-order chi connectivity index (χ1) is 17.1. The Hall–Kier alpha value is -2.48. The molecule has 2 amide bonds. The maximum Gasteiger partial charge on any atom is 0.309 e. The summed E-state index contributed by atoms with van der Waals surface area (Å²) in [7, 11) is 0. The van der Waals surface area contributed by atoms with E-state index in [2.05, 4.69) is 15.5 Å². The van der Waals surface area contributed by atoms with Gasteiger partial charge in [0.1, 0.15) is 17.5 Å². The molecule has 1 unspecified atom stereocenters. The third-order valence-electron chi connectivity index (χ3n) is 7.71. The molecule has 1 aromatic rings. The van der Waals surface area contributed by atoms with Crippen molar-refractivity contribution in [3.8, 4) is 0 Å². The van der Waals surface area contributed by atoms with Gasteiger partial charge in [-0.3, -0.25) is 19.7 Å². The molecule has 7 nitrogen and oxygen atoms in total. The van der Waals surface area contributed by atoms with Gasteiger partial charge in [-0.05, 0) is 108 Å². The number of piperidine rings is 2. The van der Waals surface area contributed by atoms with Gasteiger partial charge in [0, 0.05) is 18.7 Å². The molecule has 2 aliphatic heterocycles. The predicted molar refractivity (Wildman–Crippen MR) is 136 cm³/mol. The maximum atomic E-state index is 15.0. The number of nitrogens with one attached hydrogen (secondary N) is 2. The van der Waals surface area contributed by atoms with Crippen LogP contribution in [0.4, 0.5) is 10.1 Å². The summed E-state index contributed by atoms with van der Waals surface area (Å²) in [6.07, 6.45) is 6.46. The number of anilines is 1. The molecule has 198 valence electrons. The highest BCUT2D eigenvalue weighted by Gasteiger charge is 2.32. The van der Waals surface area contributed by atoms with Gasteiger partial charge in [0.2, 0.25) is 11.8 Å². The van der Waals surface area contributed by atoms with E-state index >= 15 is 0 Å². The monoisotopic (exact) mass is 501 g/mol. The fourth-order valence-corrected chi connectivity index (χ4v) is 5.74. The summed E-state index contributed by atoms with van der Waals surface area (Å²) >= 11 is 0. The highest BCUT2D eigenvalue weighted by molar-refractivity contribution is 6.01. The number of imide groups is 1. The number of halogens is 1. The second kappa shape index (κ2) is 11.3. The molecule has 2 saturated heterocycles. The van der Waals surface area contributed by atoms with Gasteiger partial charge >= 0.3 is 5.97 Å². The van der Waals surface area contributed by atoms with Crippen molar-refractivity contribution in [3.63, 3.8) is 0 Å². The van der Waals surface area contributed by atoms with Crippen molar-refractivity contribution in [2.24, 2.45) is 11.8 Å². The zero-order valence-corrected chi connectivity index (χ0v) is 21.8. The molecule has 4 rings (SSSR count). The Morgan fingerprint density at radius 1 is 1.08 bits per heavy atom. The second-order valence-corrected chi connectivity index (χ2v) is 11.7. The van der Waals surface area contributed by atoms with E-state index in [-0.39, 0.29) is 41.9 Å². The van der Waals surface area contributed by atoms with Crippen LogP contribution in [0, 0.1) is 17.7 Å². The Morgan fingerprint density at radius 3 is 2.39 bits per heavy atom. The average molecular weight is 502 g/mol. The highest BCUT2D eigenvalue weighted by atomic mass is 19.1. The molecule has 0 aromatic heterocycles. The minimum Gasteiger partial charge on any atom is -0.460 e. The average Bonchev–Trinajstić information content (AvgIpc) is 2.81. The van der Waals surface area contributed by atoms with Gasteiger partial charge in [-0.2, -0.15) is 0 Å². The van der Waals surface area contributed by atoms with Gasteiger partial charge < -0.3 is 15.0 Å². The predicted octanol–water partition coefficient (Wildman–Crippen LogP) is 4.37. The molecule has 36 heavy (non-hydrogen) atoms. The van der Waals surface area contributed by atoms with Crippen molar-refractivity contribution in [2.75, 3.05) is 25.0 Å². The number of amides is 2. The molecule has 3 aliphatic rings. The van der Waals surface area contributed by atoms with E-state index in [0.717, 1.165) is 63.7 Å². The third kappa shape index (κ3) is 7.05. The molecule has 2 heterocycles. The van der Waals surface area contributed by atoms with Crippen molar-refractivity contribution < 1.29 is 23.5 Å². The standard InChI is InChI=1S/C28H40FN3O4/c1-28(2,3)36-27(35)20-6-4-18(5-7-20)17-32-14-12-19(13-15-32)22-9-8-21(16-23(22)29)30-24-10-11-25(33)31-26(24)34/h8-9,16,18-20,24,30H,4-7,10-15,17H2,1-3H3,(H,31,33,34)/t18-,20-,24?. The highest BCUT2D eigenvalue weighted by Crippen LogP contribution is 2.34. The van der Waals surface area contributed by atoms with Crippen LogP contribution in [0.25, 0.3) is 0 Å². The first-order valence-electron chi connectivity index (χ1n) is 13.4. The molecule has 1 aliphatic carbocycles. The van der Waals surface area contributed by atoms with Crippen LogP contribution in [0.15, 0.2) is 18.2 Å². The normalized spacial score (nSPS) is 26.4. The number of esters is 1. The Balaban J connectivity index is 1.21. The summed E-state index contributed by atoms with van der Waals surface area (Å²) in [5, 5.41) is 5.37. The fourth-order valence-electron chi connectivity index (χ4n) is 5.74. The van der Waals surface area contributed by atoms with Crippen molar-refractivity contribution in [1.82, 2.24) is 10.2 Å². The van der Waals surface area contributed by atoms with Crippen molar-refractivity contribution >= 4 is 23.5 Å². The number of hydrogen-bond donors (Lipinski definition) is 2. The van der Waals surface area contributed by atoms with Crippen LogP contribution in [-0.2, 0) is 19.1 Å². The number of likely N-dealkylation sites (tertiary alicyclic amines) is 1. The summed E-state index contributed by atoms with van der Waals surface area (Å²) < 4.78 is 20.5. The lowest BCUT2D eigenvalue weighted by atomic mass is 9.81. The molecule has 0 spiro atoms. The summed E-state index contributed by atoms with van der Waals surface area (Å²) in [5.74, 6) is -0.0979. The Labute approximate surface area is 213 Å². The van der Waals surface area contributed by atoms with Crippen molar-refractivity contribution in [1.29, 1.82) is 0 Å². The van der Waals surface area contributed by atoms with Gasteiger partial charge in [-0.25, -0.2) is 4.39 Å². The van der Waals surface area contributed by atoms with Crippen LogP contribution >= 0.6 is 0 Å². The van der Waals surface area contributed by atoms with Gasteiger partial charge in [0.05, 0.1) is 5.92 Å². The molecule has 3 fully saturated rings. The van der Waals surface area contributed by atoms with Gasteiger partial charge in [0.15, 0.2) is 0 Å². The van der Waals surface area contributed by atoms with Gasteiger partial charge in [0.25, 0.3) is 0 Å². The summed E-state index contributed by atoms with van der Waals surface area (Å²) in [6, 6.07) is 4.61. The quantitative estimate of drug-likeness (QED) is 0.445.